The van der Waals surface area contributed by atoms with Crippen molar-refractivity contribution >= 4 is 34.5 Å². The molecule has 5 heteroatoms. The molecule has 0 aliphatic rings. The van der Waals surface area contributed by atoms with E-state index in [1.165, 1.54) is 5.56 Å². The highest BCUT2D eigenvalue weighted by atomic mass is 35.5. The van der Waals surface area contributed by atoms with Crippen LogP contribution in [-0.4, -0.2) is 10.2 Å². The summed E-state index contributed by atoms with van der Waals surface area (Å²) < 4.78 is 0. The van der Waals surface area contributed by atoms with Crippen molar-refractivity contribution in [3.63, 3.8) is 0 Å². The molecule has 0 fully saturated rings. The van der Waals surface area contributed by atoms with Crippen LogP contribution in [0.25, 0.3) is 10.4 Å². The Hall–Kier alpha value is -0.640. The quantitative estimate of drug-likeness (QED) is 0.763. The molecule has 0 N–H and O–H groups in total. The van der Waals surface area contributed by atoms with Gasteiger partial charge in [0.25, 0.3) is 0 Å². The largest absolute Gasteiger partial charge is 0.160 e. The molecule has 0 spiro atoms. The minimum absolute atomic E-state index is 0.359. The maximum atomic E-state index is 5.93. The van der Waals surface area contributed by atoms with Crippen molar-refractivity contribution in [3.05, 3.63) is 33.4 Å². The highest BCUT2D eigenvalue weighted by Crippen LogP contribution is 2.33. The van der Waals surface area contributed by atoms with Crippen LogP contribution >= 0.6 is 34.5 Å². The van der Waals surface area contributed by atoms with E-state index in [9.17, 15) is 0 Å². The Morgan fingerprint density at radius 2 is 2.07 bits per heavy atom. The van der Waals surface area contributed by atoms with E-state index in [-0.39, 0.29) is 0 Å². The molecule has 0 saturated heterocycles. The SMILES string of the molecule is Cc1ccsc1-c1cc(Cl)nnc1Cl. The first-order valence-corrected chi connectivity index (χ1v) is 5.55. The van der Waals surface area contributed by atoms with Gasteiger partial charge in [-0.3, -0.25) is 0 Å². The standard InChI is InChI=1S/C9H6Cl2N2S/c1-5-2-3-14-8(5)6-4-7(10)12-13-9(6)11/h2-4H,1H3. The average molecular weight is 245 g/mol. The number of hydrogen-bond acceptors (Lipinski definition) is 3. The van der Waals surface area contributed by atoms with E-state index >= 15 is 0 Å². The third-order valence-corrected chi connectivity index (χ3v) is 3.34. The van der Waals surface area contributed by atoms with Gasteiger partial charge in [-0.2, -0.15) is 0 Å². The predicted molar refractivity (Wildman–Crippen MR) is 60.1 cm³/mol. The number of nitrogens with zero attached hydrogens (tertiary/aromatic N) is 2. The van der Waals surface area contributed by atoms with Gasteiger partial charge < -0.3 is 0 Å². The van der Waals surface area contributed by atoms with Gasteiger partial charge in [-0.15, -0.1) is 21.5 Å². The van der Waals surface area contributed by atoms with Gasteiger partial charge >= 0.3 is 0 Å². The molecule has 72 valence electrons. The lowest BCUT2D eigenvalue weighted by atomic mass is 10.2. The normalized spacial score (nSPS) is 10.5. The first kappa shape index (κ1) is 9.90. The Bertz CT molecular complexity index is 468. The third kappa shape index (κ3) is 1.75. The van der Waals surface area contributed by atoms with Gasteiger partial charge in [0.1, 0.15) is 0 Å². The summed E-state index contributed by atoms with van der Waals surface area (Å²) in [6, 6.07) is 3.76. The van der Waals surface area contributed by atoms with Crippen molar-refractivity contribution in [2.45, 2.75) is 6.92 Å². The number of halogens is 2. The van der Waals surface area contributed by atoms with E-state index < -0.39 is 0 Å². The van der Waals surface area contributed by atoms with E-state index in [1.54, 1.807) is 17.4 Å². The summed E-state index contributed by atoms with van der Waals surface area (Å²) in [4.78, 5) is 1.09. The maximum absolute atomic E-state index is 5.93. The number of aromatic nitrogens is 2. The number of thiophene rings is 1. The first-order valence-electron chi connectivity index (χ1n) is 3.91. The fraction of sp³-hybridized carbons (Fsp3) is 0.111. The zero-order valence-electron chi connectivity index (χ0n) is 7.29. The molecule has 0 amide bonds. The lowest BCUT2D eigenvalue weighted by Gasteiger charge is -2.01. The lowest BCUT2D eigenvalue weighted by molar-refractivity contribution is 1.03. The van der Waals surface area contributed by atoms with Crippen molar-refractivity contribution in [2.24, 2.45) is 0 Å². The molecule has 14 heavy (non-hydrogen) atoms. The molecule has 0 bridgehead atoms. The Morgan fingerprint density at radius 3 is 2.71 bits per heavy atom. The fourth-order valence-corrected chi connectivity index (χ4v) is 2.50. The maximum Gasteiger partial charge on any atom is 0.160 e. The minimum Gasteiger partial charge on any atom is -0.143 e. The van der Waals surface area contributed by atoms with Gasteiger partial charge in [-0.05, 0) is 30.0 Å². The van der Waals surface area contributed by atoms with Gasteiger partial charge in [-0.1, -0.05) is 23.2 Å². The summed E-state index contributed by atoms with van der Waals surface area (Å²) in [6.07, 6.45) is 0. The van der Waals surface area contributed by atoms with Gasteiger partial charge in [-0.25, -0.2) is 0 Å². The second-order valence-electron chi connectivity index (χ2n) is 2.80. The molecule has 2 heterocycles. The molecule has 0 unspecified atom stereocenters. The molecule has 0 saturated carbocycles. The molecule has 0 aliphatic carbocycles. The second-order valence-corrected chi connectivity index (χ2v) is 4.47. The topological polar surface area (TPSA) is 25.8 Å². The van der Waals surface area contributed by atoms with Crippen LogP contribution in [0.4, 0.5) is 0 Å². The van der Waals surface area contributed by atoms with Crippen LogP contribution in [-0.2, 0) is 0 Å². The molecule has 2 aromatic heterocycles. The number of aryl methyl sites for hydroxylation is 1. The minimum atomic E-state index is 0.359. The van der Waals surface area contributed by atoms with Crippen molar-refractivity contribution in [1.82, 2.24) is 10.2 Å². The molecule has 0 radical (unpaired) electrons. The van der Waals surface area contributed by atoms with Crippen LogP contribution in [0.5, 0.6) is 0 Å². The Morgan fingerprint density at radius 1 is 1.29 bits per heavy atom. The lowest BCUT2D eigenvalue weighted by Crippen LogP contribution is -1.87. The predicted octanol–water partition coefficient (Wildman–Crippen LogP) is 3.82. The highest BCUT2D eigenvalue weighted by Gasteiger charge is 2.10. The Kier molecular flexibility index (Phi) is 2.72. The number of hydrogen-bond donors (Lipinski definition) is 0. The summed E-state index contributed by atoms with van der Waals surface area (Å²) in [6.45, 7) is 2.02. The Labute approximate surface area is 95.5 Å². The van der Waals surface area contributed by atoms with Crippen molar-refractivity contribution in [3.8, 4) is 10.4 Å². The highest BCUT2D eigenvalue weighted by molar-refractivity contribution is 7.13. The van der Waals surface area contributed by atoms with E-state index in [1.807, 2.05) is 18.4 Å². The van der Waals surface area contributed by atoms with E-state index in [4.69, 9.17) is 23.2 Å². The Balaban J connectivity index is 2.62. The molecule has 0 atom stereocenters. The summed E-state index contributed by atoms with van der Waals surface area (Å²) in [7, 11) is 0. The summed E-state index contributed by atoms with van der Waals surface area (Å²) in [5.41, 5.74) is 2.01. The van der Waals surface area contributed by atoms with Crippen LogP contribution in [0.1, 0.15) is 5.56 Å². The van der Waals surface area contributed by atoms with E-state index in [2.05, 4.69) is 10.2 Å². The van der Waals surface area contributed by atoms with Crippen molar-refractivity contribution < 1.29 is 0 Å². The fourth-order valence-electron chi connectivity index (χ4n) is 1.16. The van der Waals surface area contributed by atoms with Crippen molar-refractivity contribution in [1.29, 1.82) is 0 Å². The zero-order chi connectivity index (χ0) is 10.1. The molecule has 2 nitrogen and oxygen atoms in total. The van der Waals surface area contributed by atoms with Crippen LogP contribution < -0.4 is 0 Å². The monoisotopic (exact) mass is 244 g/mol. The van der Waals surface area contributed by atoms with Crippen LogP contribution in [0.2, 0.25) is 10.3 Å². The van der Waals surface area contributed by atoms with Gasteiger partial charge in [0.05, 0.1) is 0 Å². The summed E-state index contributed by atoms with van der Waals surface area (Å²) in [5.74, 6) is 0. The van der Waals surface area contributed by atoms with Crippen LogP contribution in [0.3, 0.4) is 0 Å². The van der Waals surface area contributed by atoms with Crippen molar-refractivity contribution in [2.75, 3.05) is 0 Å². The second kappa shape index (κ2) is 3.85. The van der Waals surface area contributed by atoms with E-state index in [0.29, 0.717) is 10.3 Å². The molecule has 0 aliphatic heterocycles. The summed E-state index contributed by atoms with van der Waals surface area (Å²) >= 11 is 13.3. The van der Waals surface area contributed by atoms with Gasteiger partial charge in [0, 0.05) is 10.4 Å². The smallest absolute Gasteiger partial charge is 0.143 e. The van der Waals surface area contributed by atoms with Crippen LogP contribution in [0.15, 0.2) is 17.5 Å². The summed E-state index contributed by atoms with van der Waals surface area (Å²) in [5, 5.41) is 10.2. The molecule has 2 rings (SSSR count). The first-order chi connectivity index (χ1) is 6.68. The van der Waals surface area contributed by atoms with Crippen LogP contribution in [0, 0.1) is 6.92 Å². The molecular formula is C9H6Cl2N2S. The average Bonchev–Trinajstić information content (AvgIpc) is 2.56. The zero-order valence-corrected chi connectivity index (χ0v) is 9.62. The number of rotatable bonds is 1. The third-order valence-electron chi connectivity index (χ3n) is 1.83. The van der Waals surface area contributed by atoms with Gasteiger partial charge in [0.2, 0.25) is 0 Å². The van der Waals surface area contributed by atoms with E-state index in [0.717, 1.165) is 10.4 Å². The molecule has 2 aromatic rings. The molecular weight excluding hydrogens is 239 g/mol. The molecule has 0 aromatic carbocycles. The van der Waals surface area contributed by atoms with Gasteiger partial charge in [0.15, 0.2) is 10.3 Å².